The zero-order valence-electron chi connectivity index (χ0n) is 16.2. The van der Waals surface area contributed by atoms with E-state index in [0.29, 0.717) is 16.7 Å². The quantitative estimate of drug-likeness (QED) is 0.813. The molecule has 0 saturated carbocycles. The van der Waals surface area contributed by atoms with Crippen molar-refractivity contribution in [3.63, 3.8) is 0 Å². The van der Waals surface area contributed by atoms with E-state index in [1.807, 2.05) is 36.1 Å². The van der Waals surface area contributed by atoms with Crippen molar-refractivity contribution in [2.24, 2.45) is 0 Å². The minimum atomic E-state index is 0.0615. The number of amides is 1. The molecule has 0 radical (unpaired) electrons. The van der Waals surface area contributed by atoms with Gasteiger partial charge in [0, 0.05) is 47.9 Å². The number of carbonyl (C=O) groups excluding carboxylic acids is 1. The van der Waals surface area contributed by atoms with E-state index in [-0.39, 0.29) is 5.91 Å². The van der Waals surface area contributed by atoms with E-state index in [1.165, 1.54) is 11.3 Å². The van der Waals surface area contributed by atoms with Crippen molar-refractivity contribution in [3.05, 3.63) is 34.0 Å². The van der Waals surface area contributed by atoms with Crippen molar-refractivity contribution in [2.75, 3.05) is 39.7 Å². The highest BCUT2D eigenvalue weighted by Gasteiger charge is 2.27. The third-order valence-electron chi connectivity index (χ3n) is 4.74. The van der Waals surface area contributed by atoms with E-state index in [2.05, 4.69) is 5.32 Å². The number of nitrogens with one attached hydrogen (secondary N) is 1. The number of benzene rings is 1. The fourth-order valence-corrected chi connectivity index (χ4v) is 4.24. The predicted molar refractivity (Wildman–Crippen MR) is 108 cm³/mol. The van der Waals surface area contributed by atoms with Crippen molar-refractivity contribution in [1.82, 2.24) is 4.90 Å². The standard InChI is InChI=1S/C20H26N2O4S/c1-13-9-18(26-4)19(27-13)20(23)22-7-5-14(6-8-22)21-15-10-16(24-2)12-17(11-15)25-3/h9-12,14,21H,5-8H2,1-4H3. The molecule has 1 aliphatic rings. The number of anilines is 1. The second kappa shape index (κ2) is 8.52. The highest BCUT2D eigenvalue weighted by molar-refractivity contribution is 7.14. The van der Waals surface area contributed by atoms with Crippen LogP contribution in [0.1, 0.15) is 27.4 Å². The van der Waals surface area contributed by atoms with Gasteiger partial charge in [0.25, 0.3) is 5.91 Å². The van der Waals surface area contributed by atoms with Gasteiger partial charge in [-0.25, -0.2) is 0 Å². The molecule has 0 bridgehead atoms. The van der Waals surface area contributed by atoms with Crippen LogP contribution in [0, 0.1) is 6.92 Å². The SMILES string of the molecule is COc1cc(NC2CCN(C(=O)c3sc(C)cc3OC)CC2)cc(OC)c1. The molecule has 27 heavy (non-hydrogen) atoms. The fraction of sp³-hybridized carbons (Fsp3) is 0.450. The maximum absolute atomic E-state index is 12.8. The minimum Gasteiger partial charge on any atom is -0.497 e. The Balaban J connectivity index is 1.61. The smallest absolute Gasteiger partial charge is 0.267 e. The summed E-state index contributed by atoms with van der Waals surface area (Å²) in [5.41, 5.74) is 0.964. The Labute approximate surface area is 164 Å². The predicted octanol–water partition coefficient (Wildman–Crippen LogP) is 3.80. The van der Waals surface area contributed by atoms with Gasteiger partial charge in [0.1, 0.15) is 22.1 Å². The Bertz CT molecular complexity index is 775. The molecule has 0 atom stereocenters. The summed E-state index contributed by atoms with van der Waals surface area (Å²) in [7, 11) is 4.89. The number of piperidine rings is 1. The number of likely N-dealkylation sites (tertiary alicyclic amines) is 1. The molecule has 6 nitrogen and oxygen atoms in total. The molecular weight excluding hydrogens is 364 g/mol. The molecule has 2 heterocycles. The molecule has 0 aliphatic carbocycles. The van der Waals surface area contributed by atoms with Crippen LogP contribution in [0.5, 0.6) is 17.2 Å². The van der Waals surface area contributed by atoms with E-state index < -0.39 is 0 Å². The Kier molecular flexibility index (Phi) is 6.11. The Hall–Kier alpha value is -2.41. The van der Waals surface area contributed by atoms with Crippen molar-refractivity contribution < 1.29 is 19.0 Å². The number of nitrogens with zero attached hydrogens (tertiary/aromatic N) is 1. The van der Waals surface area contributed by atoms with Crippen molar-refractivity contribution in [3.8, 4) is 17.2 Å². The summed E-state index contributed by atoms with van der Waals surface area (Å²) in [6, 6.07) is 7.99. The molecule has 7 heteroatoms. The molecule has 1 N–H and O–H groups in total. The first-order valence-corrected chi connectivity index (χ1v) is 9.79. The summed E-state index contributed by atoms with van der Waals surface area (Å²) in [5, 5.41) is 3.54. The first-order valence-electron chi connectivity index (χ1n) is 8.97. The number of carbonyl (C=O) groups is 1. The Morgan fingerprint density at radius 2 is 1.67 bits per heavy atom. The number of aryl methyl sites for hydroxylation is 1. The summed E-state index contributed by atoms with van der Waals surface area (Å²) in [4.78, 5) is 16.5. The van der Waals surface area contributed by atoms with Crippen molar-refractivity contribution >= 4 is 22.9 Å². The summed E-state index contributed by atoms with van der Waals surface area (Å²) in [6.07, 6.45) is 1.77. The van der Waals surface area contributed by atoms with Gasteiger partial charge in [0.2, 0.25) is 0 Å². The highest BCUT2D eigenvalue weighted by atomic mass is 32.1. The molecule has 1 aromatic heterocycles. The monoisotopic (exact) mass is 390 g/mol. The second-order valence-electron chi connectivity index (χ2n) is 6.57. The summed E-state index contributed by atoms with van der Waals surface area (Å²) >= 11 is 1.49. The lowest BCUT2D eigenvalue weighted by Gasteiger charge is -2.33. The van der Waals surface area contributed by atoms with Crippen LogP contribution in [0.2, 0.25) is 0 Å². The van der Waals surface area contributed by atoms with E-state index in [1.54, 1.807) is 21.3 Å². The number of hydrogen-bond acceptors (Lipinski definition) is 6. The Morgan fingerprint density at radius 3 is 2.22 bits per heavy atom. The molecule has 1 fully saturated rings. The van der Waals surface area contributed by atoms with Crippen LogP contribution in [0.25, 0.3) is 0 Å². The lowest BCUT2D eigenvalue weighted by Crippen LogP contribution is -2.42. The number of hydrogen-bond donors (Lipinski definition) is 1. The van der Waals surface area contributed by atoms with Gasteiger partial charge in [-0.15, -0.1) is 11.3 Å². The molecule has 0 unspecified atom stereocenters. The molecule has 146 valence electrons. The maximum atomic E-state index is 12.8. The number of thiophene rings is 1. The van der Waals surface area contributed by atoms with Gasteiger partial charge in [-0.05, 0) is 25.8 Å². The molecule has 0 spiro atoms. The van der Waals surface area contributed by atoms with Gasteiger partial charge in [-0.2, -0.15) is 0 Å². The van der Waals surface area contributed by atoms with Crippen LogP contribution < -0.4 is 19.5 Å². The van der Waals surface area contributed by atoms with Crippen LogP contribution in [0.15, 0.2) is 24.3 Å². The van der Waals surface area contributed by atoms with Gasteiger partial charge in [-0.3, -0.25) is 4.79 Å². The summed E-state index contributed by atoms with van der Waals surface area (Å²) < 4.78 is 16.0. The number of ether oxygens (including phenoxy) is 3. The summed E-state index contributed by atoms with van der Waals surface area (Å²) in [6.45, 7) is 3.43. The molecule has 1 amide bonds. The molecule has 1 saturated heterocycles. The number of rotatable bonds is 6. The van der Waals surface area contributed by atoms with E-state index >= 15 is 0 Å². The van der Waals surface area contributed by atoms with Crippen LogP contribution in [-0.4, -0.2) is 51.3 Å². The maximum Gasteiger partial charge on any atom is 0.267 e. The molecule has 3 rings (SSSR count). The highest BCUT2D eigenvalue weighted by Crippen LogP contribution is 2.31. The van der Waals surface area contributed by atoms with Gasteiger partial charge < -0.3 is 24.4 Å². The van der Waals surface area contributed by atoms with Crippen LogP contribution in [0.4, 0.5) is 5.69 Å². The largest absolute Gasteiger partial charge is 0.497 e. The molecule has 1 aliphatic heterocycles. The fourth-order valence-electron chi connectivity index (χ4n) is 3.29. The Morgan fingerprint density at radius 1 is 1.04 bits per heavy atom. The van der Waals surface area contributed by atoms with Gasteiger partial charge >= 0.3 is 0 Å². The third-order valence-corrected chi connectivity index (χ3v) is 5.76. The molecule has 1 aromatic carbocycles. The van der Waals surface area contributed by atoms with E-state index in [4.69, 9.17) is 14.2 Å². The van der Waals surface area contributed by atoms with Crippen molar-refractivity contribution in [1.29, 1.82) is 0 Å². The topological polar surface area (TPSA) is 60.0 Å². The average Bonchev–Trinajstić information content (AvgIpc) is 3.08. The zero-order chi connectivity index (χ0) is 19.4. The van der Waals surface area contributed by atoms with Crippen LogP contribution in [0.3, 0.4) is 0 Å². The minimum absolute atomic E-state index is 0.0615. The van der Waals surface area contributed by atoms with Crippen LogP contribution >= 0.6 is 11.3 Å². The zero-order valence-corrected chi connectivity index (χ0v) is 17.0. The van der Waals surface area contributed by atoms with Gasteiger partial charge in [0.15, 0.2) is 0 Å². The second-order valence-corrected chi connectivity index (χ2v) is 7.82. The van der Waals surface area contributed by atoms with Crippen molar-refractivity contribution in [2.45, 2.75) is 25.8 Å². The normalized spacial score (nSPS) is 14.7. The average molecular weight is 391 g/mol. The van der Waals surface area contributed by atoms with E-state index in [0.717, 1.165) is 48.0 Å². The van der Waals surface area contributed by atoms with E-state index in [9.17, 15) is 4.79 Å². The lowest BCUT2D eigenvalue weighted by atomic mass is 10.0. The van der Waals surface area contributed by atoms with Crippen LogP contribution in [-0.2, 0) is 0 Å². The first-order chi connectivity index (χ1) is 13.0. The van der Waals surface area contributed by atoms with Gasteiger partial charge in [-0.1, -0.05) is 0 Å². The molecule has 2 aromatic rings. The third kappa shape index (κ3) is 4.47. The number of methoxy groups -OCH3 is 3. The summed E-state index contributed by atoms with van der Waals surface area (Å²) in [5.74, 6) is 2.24. The first kappa shape index (κ1) is 19.4. The lowest BCUT2D eigenvalue weighted by molar-refractivity contribution is 0.0720. The van der Waals surface area contributed by atoms with Gasteiger partial charge in [0.05, 0.1) is 21.3 Å². The molecular formula is C20H26N2O4S.